The van der Waals surface area contributed by atoms with Crippen molar-refractivity contribution < 1.29 is 5.11 Å². The normalized spacial score (nSPS) is 18.3. The largest absolute Gasteiger partial charge is 0.395 e. The van der Waals surface area contributed by atoms with E-state index < -0.39 is 0 Å². The Bertz CT molecular complexity index is 964. The van der Waals surface area contributed by atoms with Crippen molar-refractivity contribution in [1.29, 1.82) is 0 Å². The highest BCUT2D eigenvalue weighted by atomic mass is 79.9. The van der Waals surface area contributed by atoms with Crippen molar-refractivity contribution in [1.82, 2.24) is 15.0 Å². The molecule has 0 amide bonds. The van der Waals surface area contributed by atoms with E-state index in [4.69, 9.17) is 0 Å². The number of para-hydroxylation sites is 1. The number of anilines is 3. The average Bonchev–Trinajstić information content (AvgIpc) is 3.01. The highest BCUT2D eigenvalue weighted by molar-refractivity contribution is 9.10. The first-order valence-corrected chi connectivity index (χ1v) is 9.09. The zero-order chi connectivity index (χ0) is 18.1. The number of hydrogen-bond acceptors (Lipinski definition) is 6. The van der Waals surface area contributed by atoms with Crippen molar-refractivity contribution in [3.05, 3.63) is 58.8 Å². The zero-order valence-corrected chi connectivity index (χ0v) is 15.8. The number of pyridine rings is 1. The lowest BCUT2D eigenvalue weighted by Gasteiger charge is -2.20. The summed E-state index contributed by atoms with van der Waals surface area (Å²) in [6.45, 7) is 2.77. The number of benzene rings is 1. The molecule has 132 valence electrons. The molecule has 1 atom stereocenters. The summed E-state index contributed by atoms with van der Waals surface area (Å²) < 4.78 is 0.943. The fraction of sp³-hybridized carbons (Fsp3) is 0.211. The van der Waals surface area contributed by atoms with Gasteiger partial charge < -0.3 is 15.7 Å². The van der Waals surface area contributed by atoms with Gasteiger partial charge in [0.2, 0.25) is 5.95 Å². The molecule has 4 rings (SSSR count). The van der Waals surface area contributed by atoms with E-state index >= 15 is 0 Å². The Balaban J connectivity index is 1.68. The van der Waals surface area contributed by atoms with Gasteiger partial charge in [-0.05, 0) is 40.2 Å². The van der Waals surface area contributed by atoms with Crippen molar-refractivity contribution in [2.75, 3.05) is 23.8 Å². The third-order valence-electron chi connectivity index (χ3n) is 4.60. The molecule has 3 heterocycles. The van der Waals surface area contributed by atoms with Gasteiger partial charge in [0, 0.05) is 40.0 Å². The van der Waals surface area contributed by atoms with Gasteiger partial charge >= 0.3 is 0 Å². The van der Waals surface area contributed by atoms with Crippen LogP contribution in [0.25, 0.3) is 11.3 Å². The molecular formula is C19H18BrN5O. The minimum absolute atomic E-state index is 0.0662. The molecule has 26 heavy (non-hydrogen) atoms. The third-order valence-corrected chi connectivity index (χ3v) is 5.30. The molecule has 7 heteroatoms. The Labute approximate surface area is 159 Å². The Morgan fingerprint density at radius 3 is 2.92 bits per heavy atom. The van der Waals surface area contributed by atoms with Crippen molar-refractivity contribution in [3.63, 3.8) is 0 Å². The van der Waals surface area contributed by atoms with Gasteiger partial charge in [-0.1, -0.05) is 19.1 Å². The van der Waals surface area contributed by atoms with Gasteiger partial charge in [0.1, 0.15) is 5.82 Å². The van der Waals surface area contributed by atoms with Gasteiger partial charge in [0.15, 0.2) is 0 Å². The van der Waals surface area contributed by atoms with Crippen LogP contribution in [0, 0.1) is 0 Å². The number of aromatic nitrogens is 3. The lowest BCUT2D eigenvalue weighted by molar-refractivity contribution is 0.218. The molecule has 0 spiro atoms. The summed E-state index contributed by atoms with van der Waals surface area (Å²) in [6.07, 6.45) is 3.51. The average molecular weight is 412 g/mol. The van der Waals surface area contributed by atoms with E-state index in [1.54, 1.807) is 12.4 Å². The molecule has 3 N–H and O–H groups in total. The van der Waals surface area contributed by atoms with Crippen molar-refractivity contribution in [2.45, 2.75) is 12.3 Å². The second kappa shape index (κ2) is 6.66. The minimum atomic E-state index is -0.332. The van der Waals surface area contributed by atoms with E-state index in [0.29, 0.717) is 12.5 Å². The maximum atomic E-state index is 9.76. The van der Waals surface area contributed by atoms with Gasteiger partial charge in [-0.2, -0.15) is 0 Å². The molecule has 0 saturated heterocycles. The summed E-state index contributed by atoms with van der Waals surface area (Å²) in [5.41, 5.74) is 3.24. The summed E-state index contributed by atoms with van der Waals surface area (Å²) in [7, 11) is 0. The second-order valence-electron chi connectivity index (χ2n) is 6.56. The summed E-state index contributed by atoms with van der Waals surface area (Å²) in [4.78, 5) is 13.4. The van der Waals surface area contributed by atoms with Gasteiger partial charge in [-0.3, -0.25) is 0 Å². The number of nitrogens with zero attached hydrogens (tertiary/aromatic N) is 3. The third kappa shape index (κ3) is 3.04. The molecule has 2 aromatic heterocycles. The monoisotopic (exact) mass is 411 g/mol. The minimum Gasteiger partial charge on any atom is -0.395 e. The number of fused-ring (bicyclic) bond motifs is 1. The van der Waals surface area contributed by atoms with Crippen LogP contribution in [-0.4, -0.2) is 33.2 Å². The number of rotatable bonds is 4. The van der Waals surface area contributed by atoms with E-state index in [1.165, 1.54) is 0 Å². The van der Waals surface area contributed by atoms with Crippen LogP contribution in [0.3, 0.4) is 0 Å². The summed E-state index contributed by atoms with van der Waals surface area (Å²) >= 11 is 3.51. The van der Waals surface area contributed by atoms with E-state index in [1.807, 2.05) is 43.3 Å². The first kappa shape index (κ1) is 16.9. The lowest BCUT2D eigenvalue weighted by Crippen LogP contribution is -2.28. The zero-order valence-electron chi connectivity index (χ0n) is 14.2. The SMILES string of the molecule is CC1(CO)CNc2ncc(-c3ccnc(Nc4ccccc4Br)n3)cc21. The number of aliphatic hydroxyl groups is 1. The van der Waals surface area contributed by atoms with E-state index in [9.17, 15) is 5.11 Å². The number of halogens is 1. The quantitative estimate of drug-likeness (QED) is 0.606. The fourth-order valence-electron chi connectivity index (χ4n) is 2.98. The van der Waals surface area contributed by atoms with Crippen LogP contribution < -0.4 is 10.6 Å². The molecule has 1 aromatic carbocycles. The predicted molar refractivity (Wildman–Crippen MR) is 106 cm³/mol. The van der Waals surface area contributed by atoms with Crippen LogP contribution in [0.4, 0.5) is 17.5 Å². The molecular weight excluding hydrogens is 394 g/mol. The Morgan fingerprint density at radius 1 is 1.27 bits per heavy atom. The van der Waals surface area contributed by atoms with Crippen molar-refractivity contribution in [2.24, 2.45) is 0 Å². The van der Waals surface area contributed by atoms with E-state index in [2.05, 4.69) is 41.5 Å². The molecule has 0 saturated carbocycles. The molecule has 1 unspecified atom stereocenters. The Hall–Kier alpha value is -2.51. The van der Waals surface area contributed by atoms with Gasteiger partial charge in [0.05, 0.1) is 18.0 Å². The number of aliphatic hydroxyl groups excluding tert-OH is 1. The smallest absolute Gasteiger partial charge is 0.227 e. The number of hydrogen-bond donors (Lipinski definition) is 3. The molecule has 0 aliphatic carbocycles. The van der Waals surface area contributed by atoms with Crippen molar-refractivity contribution in [3.8, 4) is 11.3 Å². The summed E-state index contributed by atoms with van der Waals surface area (Å²) in [5, 5.41) is 16.2. The molecule has 1 aliphatic rings. The molecule has 3 aromatic rings. The first-order valence-electron chi connectivity index (χ1n) is 8.29. The van der Waals surface area contributed by atoms with Crippen molar-refractivity contribution >= 4 is 33.4 Å². The van der Waals surface area contributed by atoms with Crippen LogP contribution in [0.5, 0.6) is 0 Å². The predicted octanol–water partition coefficient (Wildman–Crippen LogP) is 3.72. The molecule has 0 fully saturated rings. The molecule has 0 radical (unpaired) electrons. The standard InChI is InChI=1S/C19H18BrN5O/c1-19(11-26)10-23-17-13(19)8-12(9-22-17)15-6-7-21-18(24-15)25-16-5-3-2-4-14(16)20/h2-9,26H,10-11H2,1H3,(H,22,23)(H,21,24,25). The highest BCUT2D eigenvalue weighted by Gasteiger charge is 2.35. The van der Waals surface area contributed by atoms with Crippen LogP contribution in [0.15, 0.2) is 53.3 Å². The Kier molecular flexibility index (Phi) is 4.34. The maximum Gasteiger partial charge on any atom is 0.227 e. The van der Waals surface area contributed by atoms with E-state index in [0.717, 1.165) is 32.8 Å². The lowest BCUT2D eigenvalue weighted by atomic mass is 9.85. The maximum absolute atomic E-state index is 9.76. The van der Waals surface area contributed by atoms with Crippen LogP contribution >= 0.6 is 15.9 Å². The van der Waals surface area contributed by atoms with Crippen LogP contribution in [0.1, 0.15) is 12.5 Å². The topological polar surface area (TPSA) is 83.0 Å². The first-order chi connectivity index (χ1) is 12.6. The second-order valence-corrected chi connectivity index (χ2v) is 7.42. The molecule has 0 bridgehead atoms. The molecule has 1 aliphatic heterocycles. The van der Waals surface area contributed by atoms with Gasteiger partial charge in [-0.25, -0.2) is 15.0 Å². The fourth-order valence-corrected chi connectivity index (χ4v) is 3.37. The van der Waals surface area contributed by atoms with Crippen LogP contribution in [-0.2, 0) is 5.41 Å². The van der Waals surface area contributed by atoms with Gasteiger partial charge in [0.25, 0.3) is 0 Å². The Morgan fingerprint density at radius 2 is 2.12 bits per heavy atom. The molecule has 6 nitrogen and oxygen atoms in total. The number of nitrogens with one attached hydrogen (secondary N) is 2. The van der Waals surface area contributed by atoms with E-state index in [-0.39, 0.29) is 12.0 Å². The summed E-state index contributed by atoms with van der Waals surface area (Å²) in [6, 6.07) is 11.7. The summed E-state index contributed by atoms with van der Waals surface area (Å²) in [5.74, 6) is 1.34. The van der Waals surface area contributed by atoms with Crippen LogP contribution in [0.2, 0.25) is 0 Å². The highest BCUT2D eigenvalue weighted by Crippen LogP contribution is 2.37. The van der Waals surface area contributed by atoms with Gasteiger partial charge in [-0.15, -0.1) is 0 Å².